The third-order valence-corrected chi connectivity index (χ3v) is 4.60. The van der Waals surface area contributed by atoms with Gasteiger partial charge in [0.2, 0.25) is 5.88 Å². The van der Waals surface area contributed by atoms with Crippen molar-refractivity contribution in [3.63, 3.8) is 0 Å². The number of carbonyl (C=O) groups excluding carboxylic acids is 1. The van der Waals surface area contributed by atoms with Gasteiger partial charge in [-0.05, 0) is 37.1 Å². The van der Waals surface area contributed by atoms with Crippen LogP contribution in [0.25, 0.3) is 11.1 Å². The molecule has 0 fully saturated rings. The summed E-state index contributed by atoms with van der Waals surface area (Å²) in [5.74, 6) is 0.879. The number of aromatic amines is 1. The SMILES string of the molecule is COc1ccc(-c2cccc(OCC[C@H](c3ncc(C(N)=O)[nH]3)[C@H](C)O)c2)cn1. The Morgan fingerprint density at radius 1 is 1.21 bits per heavy atom. The molecule has 2 heterocycles. The molecule has 0 aliphatic rings. The Labute approximate surface area is 168 Å². The molecule has 0 unspecified atom stereocenters. The molecule has 0 saturated heterocycles. The fourth-order valence-electron chi connectivity index (χ4n) is 3.00. The van der Waals surface area contributed by atoms with Gasteiger partial charge >= 0.3 is 0 Å². The van der Waals surface area contributed by atoms with Crippen LogP contribution in [0.3, 0.4) is 0 Å². The van der Waals surface area contributed by atoms with E-state index in [0.29, 0.717) is 30.5 Å². The van der Waals surface area contributed by atoms with Crippen molar-refractivity contribution in [3.05, 3.63) is 60.3 Å². The maximum atomic E-state index is 11.2. The van der Waals surface area contributed by atoms with E-state index < -0.39 is 12.0 Å². The highest BCUT2D eigenvalue weighted by atomic mass is 16.5. The molecule has 8 heteroatoms. The highest BCUT2D eigenvalue weighted by Crippen LogP contribution is 2.26. The number of benzene rings is 1. The first-order valence-corrected chi connectivity index (χ1v) is 9.24. The van der Waals surface area contributed by atoms with Gasteiger partial charge in [0.1, 0.15) is 17.3 Å². The minimum absolute atomic E-state index is 0.215. The number of rotatable bonds is 9. The van der Waals surface area contributed by atoms with E-state index in [1.165, 1.54) is 6.20 Å². The molecule has 3 rings (SSSR count). The van der Waals surface area contributed by atoms with Crippen LogP contribution >= 0.6 is 0 Å². The number of pyridine rings is 1. The maximum Gasteiger partial charge on any atom is 0.266 e. The number of nitrogens with two attached hydrogens (primary N) is 1. The standard InChI is InChI=1S/C21H24N4O4/c1-13(26)17(21-24-12-18(25-21)20(22)27)8-9-29-16-5-3-4-14(10-16)15-6-7-19(28-2)23-11-15/h3-7,10-13,17,26H,8-9H2,1-2H3,(H2,22,27)(H,24,25)/t13-,17-/m0/s1. The average molecular weight is 396 g/mol. The first-order chi connectivity index (χ1) is 14.0. The maximum absolute atomic E-state index is 11.2. The Kier molecular flexibility index (Phi) is 6.46. The minimum Gasteiger partial charge on any atom is -0.494 e. The second kappa shape index (κ2) is 9.20. The first-order valence-electron chi connectivity index (χ1n) is 9.24. The highest BCUT2D eigenvalue weighted by molar-refractivity contribution is 5.90. The molecule has 2 atom stereocenters. The van der Waals surface area contributed by atoms with E-state index in [0.717, 1.165) is 11.1 Å². The van der Waals surface area contributed by atoms with E-state index in [1.807, 2.05) is 30.3 Å². The van der Waals surface area contributed by atoms with Gasteiger partial charge in [0.25, 0.3) is 5.91 Å². The van der Waals surface area contributed by atoms with Crippen LogP contribution in [0.4, 0.5) is 0 Å². The number of imidazole rings is 1. The predicted molar refractivity (Wildman–Crippen MR) is 108 cm³/mol. The number of amides is 1. The van der Waals surface area contributed by atoms with Gasteiger partial charge in [-0.1, -0.05) is 12.1 Å². The van der Waals surface area contributed by atoms with E-state index in [-0.39, 0.29) is 11.6 Å². The number of aromatic nitrogens is 3. The normalized spacial score (nSPS) is 12.9. The summed E-state index contributed by atoms with van der Waals surface area (Å²) in [4.78, 5) is 22.5. The fourth-order valence-corrected chi connectivity index (χ4v) is 3.00. The molecule has 2 aromatic heterocycles. The Morgan fingerprint density at radius 3 is 2.66 bits per heavy atom. The second-order valence-corrected chi connectivity index (χ2v) is 6.65. The van der Waals surface area contributed by atoms with Gasteiger partial charge in [0.05, 0.1) is 26.0 Å². The largest absolute Gasteiger partial charge is 0.494 e. The number of hydrogen-bond donors (Lipinski definition) is 3. The second-order valence-electron chi connectivity index (χ2n) is 6.65. The van der Waals surface area contributed by atoms with Crippen molar-refractivity contribution < 1.29 is 19.4 Å². The molecule has 0 saturated carbocycles. The molecule has 0 bridgehead atoms. The number of primary amides is 1. The zero-order valence-electron chi connectivity index (χ0n) is 16.3. The Morgan fingerprint density at radius 2 is 2.03 bits per heavy atom. The molecule has 0 aliphatic heterocycles. The Bertz CT molecular complexity index is 953. The van der Waals surface area contributed by atoms with Gasteiger partial charge in [-0.15, -0.1) is 0 Å². The zero-order chi connectivity index (χ0) is 20.8. The molecule has 4 N–H and O–H groups in total. The topological polar surface area (TPSA) is 123 Å². The minimum atomic E-state index is -0.665. The molecular formula is C21H24N4O4. The number of nitrogens with one attached hydrogen (secondary N) is 1. The van der Waals surface area contributed by atoms with Crippen molar-refractivity contribution in [3.8, 4) is 22.8 Å². The van der Waals surface area contributed by atoms with Crippen molar-refractivity contribution in [2.75, 3.05) is 13.7 Å². The lowest BCUT2D eigenvalue weighted by Gasteiger charge is -2.18. The monoisotopic (exact) mass is 396 g/mol. The van der Waals surface area contributed by atoms with Crippen molar-refractivity contribution in [1.29, 1.82) is 0 Å². The quantitative estimate of drug-likeness (QED) is 0.511. The van der Waals surface area contributed by atoms with Crippen LogP contribution in [0.1, 0.15) is 35.6 Å². The van der Waals surface area contributed by atoms with Crippen LogP contribution in [-0.2, 0) is 0 Å². The number of aliphatic hydroxyl groups is 1. The number of nitrogens with zero attached hydrogens (tertiary/aromatic N) is 2. The van der Waals surface area contributed by atoms with Gasteiger partial charge in [-0.25, -0.2) is 9.97 Å². The average Bonchev–Trinajstić information content (AvgIpc) is 3.21. The molecule has 0 spiro atoms. The summed E-state index contributed by atoms with van der Waals surface area (Å²) in [5.41, 5.74) is 7.39. The molecule has 0 radical (unpaired) electrons. The summed E-state index contributed by atoms with van der Waals surface area (Å²) in [6, 6.07) is 11.4. The van der Waals surface area contributed by atoms with E-state index in [2.05, 4.69) is 15.0 Å². The fraction of sp³-hybridized carbons (Fsp3) is 0.286. The molecule has 29 heavy (non-hydrogen) atoms. The third-order valence-electron chi connectivity index (χ3n) is 4.60. The summed E-state index contributed by atoms with van der Waals surface area (Å²) in [6.07, 6.45) is 2.97. The van der Waals surface area contributed by atoms with Crippen molar-refractivity contribution >= 4 is 5.91 Å². The lowest BCUT2D eigenvalue weighted by atomic mass is 9.99. The predicted octanol–water partition coefficient (Wildman–Crippen LogP) is 2.51. The lowest BCUT2D eigenvalue weighted by molar-refractivity contribution is 0.0995. The highest BCUT2D eigenvalue weighted by Gasteiger charge is 2.21. The van der Waals surface area contributed by atoms with E-state index in [9.17, 15) is 9.90 Å². The molecule has 8 nitrogen and oxygen atoms in total. The van der Waals surface area contributed by atoms with Crippen LogP contribution in [0, 0.1) is 0 Å². The summed E-state index contributed by atoms with van der Waals surface area (Å²) in [5, 5.41) is 10.1. The third kappa shape index (κ3) is 5.11. The molecule has 152 valence electrons. The molecule has 3 aromatic rings. The van der Waals surface area contributed by atoms with Gasteiger partial charge in [-0.2, -0.15) is 0 Å². The first kappa shape index (κ1) is 20.3. The number of carbonyl (C=O) groups is 1. The van der Waals surface area contributed by atoms with Crippen molar-refractivity contribution in [2.45, 2.75) is 25.4 Å². The molecule has 1 aromatic carbocycles. The van der Waals surface area contributed by atoms with Crippen LogP contribution in [-0.4, -0.2) is 45.8 Å². The molecule has 1 amide bonds. The number of aliphatic hydroxyl groups excluding tert-OH is 1. The Hall–Kier alpha value is -3.39. The van der Waals surface area contributed by atoms with Crippen LogP contribution < -0.4 is 15.2 Å². The van der Waals surface area contributed by atoms with E-state index in [1.54, 1.807) is 26.3 Å². The molecular weight excluding hydrogens is 372 g/mol. The number of ether oxygens (including phenoxy) is 2. The van der Waals surface area contributed by atoms with Crippen molar-refractivity contribution in [2.24, 2.45) is 5.73 Å². The summed E-state index contributed by atoms with van der Waals surface area (Å²) in [7, 11) is 1.58. The zero-order valence-corrected chi connectivity index (χ0v) is 16.3. The van der Waals surface area contributed by atoms with Gasteiger partial charge in [0.15, 0.2) is 0 Å². The van der Waals surface area contributed by atoms with Crippen LogP contribution in [0.2, 0.25) is 0 Å². The van der Waals surface area contributed by atoms with E-state index in [4.69, 9.17) is 15.2 Å². The van der Waals surface area contributed by atoms with Gasteiger partial charge in [0, 0.05) is 23.7 Å². The molecule has 0 aliphatic carbocycles. The number of methoxy groups -OCH3 is 1. The number of H-pyrrole nitrogens is 1. The van der Waals surface area contributed by atoms with Crippen LogP contribution in [0.5, 0.6) is 11.6 Å². The number of hydrogen-bond acceptors (Lipinski definition) is 6. The van der Waals surface area contributed by atoms with Gasteiger partial charge in [-0.3, -0.25) is 4.79 Å². The summed E-state index contributed by atoms with van der Waals surface area (Å²) in [6.45, 7) is 2.04. The Balaban J connectivity index is 1.64. The van der Waals surface area contributed by atoms with Gasteiger partial charge < -0.3 is 25.3 Å². The smallest absolute Gasteiger partial charge is 0.266 e. The lowest BCUT2D eigenvalue weighted by Crippen LogP contribution is -2.19. The van der Waals surface area contributed by atoms with Crippen molar-refractivity contribution in [1.82, 2.24) is 15.0 Å². The van der Waals surface area contributed by atoms with Crippen LogP contribution in [0.15, 0.2) is 48.8 Å². The van der Waals surface area contributed by atoms with E-state index >= 15 is 0 Å². The summed E-state index contributed by atoms with van der Waals surface area (Å²) >= 11 is 0. The summed E-state index contributed by atoms with van der Waals surface area (Å²) < 4.78 is 11.0.